The minimum atomic E-state index is -2.25. The zero-order valence-electron chi connectivity index (χ0n) is 22.1. The van der Waals surface area contributed by atoms with Gasteiger partial charge in [-0.1, -0.05) is 26.8 Å². The molecule has 2 atom stereocenters. The molecule has 1 aromatic heterocycles. The van der Waals surface area contributed by atoms with E-state index in [1.807, 2.05) is 0 Å². The van der Waals surface area contributed by atoms with Gasteiger partial charge in [0, 0.05) is 5.38 Å². The molecule has 0 saturated carbocycles. The predicted octanol–water partition coefficient (Wildman–Crippen LogP) is 4.71. The van der Waals surface area contributed by atoms with Crippen LogP contribution in [0.1, 0.15) is 70.9 Å². The average molecular weight is 514 g/mol. The van der Waals surface area contributed by atoms with Crippen LogP contribution in [0.3, 0.4) is 0 Å². The molecule has 1 aromatic rings. The fraction of sp³-hybridized carbons (Fsp3) is 0.652. The first-order valence-corrected chi connectivity index (χ1v) is 14.9. The molecule has 2 amide bonds. The van der Waals surface area contributed by atoms with Gasteiger partial charge in [-0.25, -0.2) is 14.6 Å². The number of nitrogens with one attached hydrogen (secondary N) is 2. The zero-order chi connectivity index (χ0) is 26.5. The Morgan fingerprint density at radius 3 is 2.21 bits per heavy atom. The van der Waals surface area contributed by atoms with Crippen molar-refractivity contribution in [3.8, 4) is 0 Å². The number of carbonyl (C=O) groups is 3. The van der Waals surface area contributed by atoms with Crippen molar-refractivity contribution in [2.45, 2.75) is 91.3 Å². The van der Waals surface area contributed by atoms with Crippen LogP contribution >= 0.6 is 11.3 Å². The summed E-state index contributed by atoms with van der Waals surface area (Å²) in [7, 11) is -0.974. The Hall–Kier alpha value is -2.24. The summed E-state index contributed by atoms with van der Waals surface area (Å²) in [5, 5.41) is 7.37. The Morgan fingerprint density at radius 2 is 1.74 bits per heavy atom. The number of hydrogen-bond acceptors (Lipinski definition) is 8. The SMILES string of the molecule is C/C=C(\NC(=O)[C@@H](NC(=O)OC(C)(C)C)[C@@H](C)O[Si](C)(C)C(C)(C)C)c1nc(C(=O)OC)cs1. The van der Waals surface area contributed by atoms with Gasteiger partial charge in [-0.3, -0.25) is 4.79 Å². The number of thiazole rings is 1. The molecule has 1 rings (SSSR count). The second-order valence-corrected chi connectivity index (χ2v) is 16.0. The van der Waals surface area contributed by atoms with Crippen LogP contribution in [0.5, 0.6) is 0 Å². The van der Waals surface area contributed by atoms with Crippen LogP contribution in [0.15, 0.2) is 11.5 Å². The highest BCUT2D eigenvalue weighted by Gasteiger charge is 2.41. The Labute approximate surface area is 207 Å². The van der Waals surface area contributed by atoms with E-state index in [-0.39, 0.29) is 10.7 Å². The third-order valence-electron chi connectivity index (χ3n) is 5.39. The summed E-state index contributed by atoms with van der Waals surface area (Å²) in [6.45, 7) is 19.2. The first kappa shape index (κ1) is 29.8. The van der Waals surface area contributed by atoms with Gasteiger partial charge in [0.2, 0.25) is 5.91 Å². The largest absolute Gasteiger partial charge is 0.464 e. The number of alkyl carbamates (subject to hydrolysis) is 1. The van der Waals surface area contributed by atoms with Crippen molar-refractivity contribution in [2.75, 3.05) is 7.11 Å². The van der Waals surface area contributed by atoms with Crippen molar-refractivity contribution in [1.82, 2.24) is 15.6 Å². The molecular weight excluding hydrogens is 474 g/mol. The number of nitrogens with zero attached hydrogens (tertiary/aromatic N) is 1. The van der Waals surface area contributed by atoms with Crippen molar-refractivity contribution in [3.63, 3.8) is 0 Å². The van der Waals surface area contributed by atoms with E-state index >= 15 is 0 Å². The van der Waals surface area contributed by atoms with E-state index in [1.54, 1.807) is 46.1 Å². The van der Waals surface area contributed by atoms with Crippen LogP contribution in [-0.2, 0) is 18.7 Å². The molecule has 0 spiro atoms. The molecule has 0 unspecified atom stereocenters. The second kappa shape index (κ2) is 11.5. The van der Waals surface area contributed by atoms with Gasteiger partial charge in [0.15, 0.2) is 14.0 Å². The number of amides is 2. The lowest BCUT2D eigenvalue weighted by atomic mass is 10.1. The van der Waals surface area contributed by atoms with Gasteiger partial charge in [-0.15, -0.1) is 11.3 Å². The third kappa shape index (κ3) is 8.52. The molecule has 34 heavy (non-hydrogen) atoms. The summed E-state index contributed by atoms with van der Waals surface area (Å²) >= 11 is 1.19. The number of esters is 1. The van der Waals surface area contributed by atoms with Crippen LogP contribution in [0.2, 0.25) is 18.1 Å². The maximum Gasteiger partial charge on any atom is 0.408 e. The number of allylic oxidation sites excluding steroid dienone is 1. The predicted molar refractivity (Wildman–Crippen MR) is 136 cm³/mol. The van der Waals surface area contributed by atoms with E-state index < -0.39 is 44.0 Å². The zero-order valence-corrected chi connectivity index (χ0v) is 23.9. The van der Waals surface area contributed by atoms with E-state index in [9.17, 15) is 14.4 Å². The summed E-state index contributed by atoms with van der Waals surface area (Å²) < 4.78 is 16.5. The van der Waals surface area contributed by atoms with Gasteiger partial charge < -0.3 is 24.5 Å². The van der Waals surface area contributed by atoms with E-state index in [0.29, 0.717) is 10.7 Å². The highest BCUT2D eigenvalue weighted by molar-refractivity contribution is 7.11. The van der Waals surface area contributed by atoms with Crippen molar-refractivity contribution in [2.24, 2.45) is 0 Å². The summed E-state index contributed by atoms with van der Waals surface area (Å²) in [5.74, 6) is -1.05. The lowest BCUT2D eigenvalue weighted by Crippen LogP contribution is -2.57. The van der Waals surface area contributed by atoms with Gasteiger partial charge in [-0.05, 0) is 52.8 Å². The Kier molecular flexibility index (Phi) is 10.0. The first-order chi connectivity index (χ1) is 15.4. The Balaban J connectivity index is 3.18. The van der Waals surface area contributed by atoms with Crippen molar-refractivity contribution in [1.29, 1.82) is 0 Å². The van der Waals surface area contributed by atoms with Crippen LogP contribution in [0.25, 0.3) is 5.70 Å². The van der Waals surface area contributed by atoms with E-state index in [2.05, 4.69) is 49.5 Å². The van der Waals surface area contributed by atoms with Crippen LogP contribution < -0.4 is 10.6 Å². The van der Waals surface area contributed by atoms with E-state index in [0.717, 1.165) is 0 Å². The molecule has 2 N–H and O–H groups in total. The van der Waals surface area contributed by atoms with Gasteiger partial charge in [0.05, 0.1) is 18.9 Å². The number of hydrogen-bond donors (Lipinski definition) is 2. The standard InChI is InChI=1S/C23H39N3O6SSi/c1-12-15(19-25-16(13-33-19)20(28)30-9)24-18(27)17(26-21(29)31-22(3,4)5)14(2)32-34(10,11)23(6,7)8/h12-14,17H,1-11H3,(H,24,27)(H,26,29)/b15-12-/t14-,17+/m1/s1. The molecular formula is C23H39N3O6SSi. The lowest BCUT2D eigenvalue weighted by molar-refractivity contribution is -0.124. The molecule has 0 bridgehead atoms. The normalized spacial score (nSPS) is 14.7. The molecule has 11 heteroatoms. The fourth-order valence-corrected chi connectivity index (χ4v) is 4.83. The summed E-state index contributed by atoms with van der Waals surface area (Å²) in [6.07, 6.45) is 0.317. The highest BCUT2D eigenvalue weighted by Crippen LogP contribution is 2.37. The molecule has 0 fully saturated rings. The topological polar surface area (TPSA) is 116 Å². The monoisotopic (exact) mass is 513 g/mol. The number of aromatic nitrogens is 1. The Morgan fingerprint density at radius 1 is 1.15 bits per heavy atom. The van der Waals surface area contributed by atoms with Gasteiger partial charge in [-0.2, -0.15) is 0 Å². The minimum Gasteiger partial charge on any atom is -0.464 e. The quantitative estimate of drug-likeness (QED) is 0.382. The van der Waals surface area contributed by atoms with Gasteiger partial charge >= 0.3 is 12.1 Å². The number of methoxy groups -OCH3 is 1. The maximum absolute atomic E-state index is 13.4. The van der Waals surface area contributed by atoms with Crippen LogP contribution in [0.4, 0.5) is 4.79 Å². The van der Waals surface area contributed by atoms with Crippen LogP contribution in [-0.4, -0.2) is 56.1 Å². The first-order valence-electron chi connectivity index (χ1n) is 11.1. The van der Waals surface area contributed by atoms with Crippen molar-refractivity contribution < 1.29 is 28.3 Å². The lowest BCUT2D eigenvalue weighted by Gasteiger charge is -2.40. The highest BCUT2D eigenvalue weighted by atomic mass is 32.1. The average Bonchev–Trinajstić information content (AvgIpc) is 3.16. The molecule has 0 aliphatic carbocycles. The van der Waals surface area contributed by atoms with E-state index in [4.69, 9.17) is 13.9 Å². The number of carbonyl (C=O) groups excluding carboxylic acids is 3. The molecule has 192 valence electrons. The molecule has 0 radical (unpaired) electrons. The Bertz CT molecular complexity index is 915. The second-order valence-electron chi connectivity index (χ2n) is 10.4. The van der Waals surface area contributed by atoms with Gasteiger partial charge in [0.25, 0.3) is 0 Å². The van der Waals surface area contributed by atoms with Crippen molar-refractivity contribution in [3.05, 3.63) is 22.2 Å². The molecule has 9 nitrogen and oxygen atoms in total. The van der Waals surface area contributed by atoms with Crippen LogP contribution in [0, 0.1) is 0 Å². The molecule has 0 aliphatic rings. The minimum absolute atomic E-state index is 0.0894. The third-order valence-corrected chi connectivity index (χ3v) is 10.8. The molecule has 1 heterocycles. The van der Waals surface area contributed by atoms with Gasteiger partial charge in [0.1, 0.15) is 16.7 Å². The molecule has 0 aliphatic heterocycles. The fourth-order valence-electron chi connectivity index (χ4n) is 2.60. The summed E-state index contributed by atoms with van der Waals surface area (Å²) in [5.41, 5.74) is -0.177. The molecule has 0 aromatic carbocycles. The smallest absolute Gasteiger partial charge is 0.408 e. The maximum atomic E-state index is 13.4. The summed E-state index contributed by atoms with van der Waals surface area (Å²) in [4.78, 5) is 41.9. The number of rotatable bonds is 8. The number of ether oxygens (including phenoxy) is 2. The van der Waals surface area contributed by atoms with Crippen molar-refractivity contribution >= 4 is 43.3 Å². The summed E-state index contributed by atoms with van der Waals surface area (Å²) in [6, 6.07) is -1.03. The molecule has 0 saturated heterocycles. The van der Waals surface area contributed by atoms with E-state index in [1.165, 1.54) is 18.4 Å².